The molecule has 0 unspecified atom stereocenters. The highest BCUT2D eigenvalue weighted by Gasteiger charge is 2.23. The Bertz CT molecular complexity index is 480. The molecule has 1 aromatic rings. The Labute approximate surface area is 110 Å². The molecule has 0 fully saturated rings. The van der Waals surface area contributed by atoms with E-state index in [0.29, 0.717) is 6.61 Å². The first-order valence-corrected chi connectivity index (χ1v) is 5.85. The zero-order valence-electron chi connectivity index (χ0n) is 10.8. The minimum atomic E-state index is -0.820. The van der Waals surface area contributed by atoms with Gasteiger partial charge in [0.25, 0.3) is 0 Å². The highest BCUT2D eigenvalue weighted by atomic mass is 16.5. The third kappa shape index (κ3) is 3.69. The number of rotatable bonds is 6. The lowest BCUT2D eigenvalue weighted by Gasteiger charge is -2.10. The number of Topliss-reactive ketones (excluding diaryl/α,β-unsaturated/α-hetero) is 1. The Hall–Kier alpha value is -2.08. The number of hydrogen-bond donors (Lipinski definition) is 2. The largest absolute Gasteiger partial charge is 0.508 e. The number of phenols is 2. The van der Waals surface area contributed by atoms with Crippen LogP contribution >= 0.6 is 0 Å². The second-order valence-corrected chi connectivity index (χ2v) is 3.67. The second kappa shape index (κ2) is 6.75. The van der Waals surface area contributed by atoms with Crippen LogP contribution in [-0.4, -0.2) is 41.8 Å². The van der Waals surface area contributed by atoms with E-state index in [1.807, 2.05) is 0 Å². The van der Waals surface area contributed by atoms with Crippen LogP contribution in [0.3, 0.4) is 0 Å². The Morgan fingerprint density at radius 3 is 2.42 bits per heavy atom. The Morgan fingerprint density at radius 1 is 1.16 bits per heavy atom. The van der Waals surface area contributed by atoms with E-state index in [1.165, 1.54) is 0 Å². The quantitative estimate of drug-likeness (QED) is 0.600. The van der Waals surface area contributed by atoms with Gasteiger partial charge in [0.2, 0.25) is 0 Å². The van der Waals surface area contributed by atoms with Gasteiger partial charge < -0.3 is 19.7 Å². The van der Waals surface area contributed by atoms with Crippen molar-refractivity contribution < 1.29 is 29.3 Å². The van der Waals surface area contributed by atoms with E-state index in [9.17, 15) is 19.8 Å². The molecule has 1 aromatic carbocycles. The predicted molar refractivity (Wildman–Crippen MR) is 66.6 cm³/mol. The van der Waals surface area contributed by atoms with Gasteiger partial charge in [0.1, 0.15) is 23.7 Å². The zero-order chi connectivity index (χ0) is 14.4. The first-order valence-electron chi connectivity index (χ1n) is 5.85. The fourth-order valence-corrected chi connectivity index (χ4v) is 1.52. The number of ketones is 1. The van der Waals surface area contributed by atoms with Crippen LogP contribution in [0.5, 0.6) is 11.5 Å². The minimum Gasteiger partial charge on any atom is -0.508 e. The monoisotopic (exact) mass is 268 g/mol. The standard InChI is InChI=1S/C13H16O6/c1-3-18-7-11(16)9-5-8(14)6-10(15)12(9)13(17)19-4-2/h5-6,14-15H,3-4,7H2,1-2H3. The normalized spacial score (nSPS) is 10.2. The van der Waals surface area contributed by atoms with Gasteiger partial charge in [-0.2, -0.15) is 0 Å². The third-order valence-corrected chi connectivity index (χ3v) is 2.32. The van der Waals surface area contributed by atoms with Crippen LogP contribution in [0.4, 0.5) is 0 Å². The van der Waals surface area contributed by atoms with Crippen molar-refractivity contribution in [2.24, 2.45) is 0 Å². The number of phenolic OH excluding ortho intramolecular Hbond substituents is 2. The zero-order valence-corrected chi connectivity index (χ0v) is 10.8. The van der Waals surface area contributed by atoms with E-state index in [2.05, 4.69) is 0 Å². The molecule has 0 atom stereocenters. The van der Waals surface area contributed by atoms with Crippen molar-refractivity contribution >= 4 is 11.8 Å². The molecule has 0 saturated carbocycles. The molecule has 2 N–H and O–H groups in total. The smallest absolute Gasteiger partial charge is 0.342 e. The predicted octanol–water partition coefficient (Wildman–Crippen LogP) is 1.49. The number of ether oxygens (including phenoxy) is 2. The lowest BCUT2D eigenvalue weighted by atomic mass is 10.0. The van der Waals surface area contributed by atoms with Gasteiger partial charge in [-0.05, 0) is 19.9 Å². The molecule has 0 bridgehead atoms. The van der Waals surface area contributed by atoms with Gasteiger partial charge >= 0.3 is 5.97 Å². The molecule has 6 nitrogen and oxygen atoms in total. The van der Waals surface area contributed by atoms with Gasteiger partial charge in [0, 0.05) is 18.2 Å². The average molecular weight is 268 g/mol. The topological polar surface area (TPSA) is 93.1 Å². The van der Waals surface area contributed by atoms with E-state index in [0.717, 1.165) is 12.1 Å². The summed E-state index contributed by atoms with van der Waals surface area (Å²) >= 11 is 0. The SMILES string of the molecule is CCOCC(=O)c1cc(O)cc(O)c1C(=O)OCC. The molecule has 0 saturated heterocycles. The maximum absolute atomic E-state index is 11.9. The summed E-state index contributed by atoms with van der Waals surface area (Å²) < 4.78 is 9.73. The van der Waals surface area contributed by atoms with Crippen LogP contribution in [0.25, 0.3) is 0 Å². The maximum atomic E-state index is 11.9. The third-order valence-electron chi connectivity index (χ3n) is 2.32. The average Bonchev–Trinajstić information content (AvgIpc) is 2.35. The Balaban J connectivity index is 3.20. The molecule has 0 heterocycles. The van der Waals surface area contributed by atoms with Crippen LogP contribution in [0.15, 0.2) is 12.1 Å². The Kier molecular flexibility index (Phi) is 5.32. The van der Waals surface area contributed by atoms with E-state index in [1.54, 1.807) is 13.8 Å². The minimum absolute atomic E-state index is 0.109. The van der Waals surface area contributed by atoms with Gasteiger partial charge in [0.05, 0.1) is 6.61 Å². The Morgan fingerprint density at radius 2 is 1.84 bits per heavy atom. The summed E-state index contributed by atoms with van der Waals surface area (Å²) in [4.78, 5) is 23.6. The molecule has 0 aromatic heterocycles. The molecule has 0 aliphatic carbocycles. The molecule has 0 aliphatic heterocycles. The number of benzene rings is 1. The van der Waals surface area contributed by atoms with Crippen LogP contribution in [-0.2, 0) is 9.47 Å². The molecular formula is C13H16O6. The summed E-state index contributed by atoms with van der Waals surface area (Å²) in [5, 5.41) is 19.1. The lowest BCUT2D eigenvalue weighted by Crippen LogP contribution is -2.16. The van der Waals surface area contributed by atoms with Crippen molar-refractivity contribution in [2.45, 2.75) is 13.8 Å². The van der Waals surface area contributed by atoms with Gasteiger partial charge in [-0.25, -0.2) is 4.79 Å². The van der Waals surface area contributed by atoms with Crippen molar-refractivity contribution in [1.82, 2.24) is 0 Å². The number of carbonyl (C=O) groups is 2. The fraction of sp³-hybridized carbons (Fsp3) is 0.385. The summed E-state index contributed by atoms with van der Waals surface area (Å²) in [7, 11) is 0. The molecule has 0 spiro atoms. The van der Waals surface area contributed by atoms with E-state index >= 15 is 0 Å². The summed E-state index contributed by atoms with van der Waals surface area (Å²) in [5.41, 5.74) is -0.381. The number of aromatic hydroxyl groups is 2. The van der Waals surface area contributed by atoms with E-state index < -0.39 is 17.5 Å². The van der Waals surface area contributed by atoms with Crippen molar-refractivity contribution in [1.29, 1.82) is 0 Å². The fourth-order valence-electron chi connectivity index (χ4n) is 1.52. The maximum Gasteiger partial charge on any atom is 0.342 e. The molecule has 1 rings (SSSR count). The summed E-state index contributed by atoms with van der Waals surface area (Å²) in [6, 6.07) is 2.08. The van der Waals surface area contributed by atoms with Crippen LogP contribution in [0.2, 0.25) is 0 Å². The molecule has 0 amide bonds. The first kappa shape index (κ1) is 15.0. The van der Waals surface area contributed by atoms with Crippen LogP contribution in [0, 0.1) is 0 Å². The molecule has 0 aliphatic rings. The molecule has 19 heavy (non-hydrogen) atoms. The van der Waals surface area contributed by atoms with Gasteiger partial charge in [0.15, 0.2) is 5.78 Å². The van der Waals surface area contributed by atoms with Crippen LogP contribution < -0.4 is 0 Å². The summed E-state index contributed by atoms with van der Waals surface area (Å²) in [6.07, 6.45) is 0. The van der Waals surface area contributed by atoms with Crippen molar-refractivity contribution in [3.8, 4) is 11.5 Å². The molecule has 0 radical (unpaired) electrons. The molecular weight excluding hydrogens is 252 g/mol. The van der Waals surface area contributed by atoms with Crippen molar-refractivity contribution in [3.05, 3.63) is 23.3 Å². The molecule has 6 heteroatoms. The summed E-state index contributed by atoms with van der Waals surface area (Å²) in [6.45, 7) is 3.53. The summed E-state index contributed by atoms with van der Waals surface area (Å²) in [5.74, 6) is -2.15. The highest BCUT2D eigenvalue weighted by molar-refractivity contribution is 6.08. The second-order valence-electron chi connectivity index (χ2n) is 3.67. The van der Waals surface area contributed by atoms with Gasteiger partial charge in [-0.1, -0.05) is 0 Å². The van der Waals surface area contributed by atoms with E-state index in [4.69, 9.17) is 9.47 Å². The molecule has 104 valence electrons. The number of esters is 1. The van der Waals surface area contributed by atoms with Gasteiger partial charge in [-0.15, -0.1) is 0 Å². The number of carbonyl (C=O) groups excluding carboxylic acids is 2. The van der Waals surface area contributed by atoms with E-state index in [-0.39, 0.29) is 30.1 Å². The first-order chi connectivity index (χ1) is 9.01. The highest BCUT2D eigenvalue weighted by Crippen LogP contribution is 2.28. The van der Waals surface area contributed by atoms with Crippen molar-refractivity contribution in [2.75, 3.05) is 19.8 Å². The number of hydrogen-bond acceptors (Lipinski definition) is 6. The van der Waals surface area contributed by atoms with Crippen molar-refractivity contribution in [3.63, 3.8) is 0 Å². The van der Waals surface area contributed by atoms with Crippen LogP contribution in [0.1, 0.15) is 34.6 Å². The lowest BCUT2D eigenvalue weighted by molar-refractivity contribution is 0.0517. The van der Waals surface area contributed by atoms with Gasteiger partial charge in [-0.3, -0.25) is 4.79 Å².